The fraction of sp³-hybridized carbons (Fsp3) is 0. The van der Waals surface area contributed by atoms with E-state index in [-0.39, 0.29) is 0 Å². The van der Waals surface area contributed by atoms with Crippen molar-refractivity contribution in [1.82, 2.24) is 39.9 Å². The first-order chi connectivity index (χ1) is 57.4. The third kappa shape index (κ3) is 13.1. The first-order valence-electron chi connectivity index (χ1n) is 38.4. The Morgan fingerprint density at radius 3 is 0.733 bits per heavy atom. The van der Waals surface area contributed by atoms with Crippen LogP contribution >= 0.6 is 0 Å². The van der Waals surface area contributed by atoms with Gasteiger partial charge in [0.15, 0.2) is 22.3 Å². The highest BCUT2D eigenvalue weighted by molar-refractivity contribution is 6.06. The second kappa shape index (κ2) is 29.4. The van der Waals surface area contributed by atoms with Gasteiger partial charge in [-0.25, -0.2) is 29.9 Å². The third-order valence-electron chi connectivity index (χ3n) is 21.4. The molecule has 8 aromatic heterocycles. The van der Waals surface area contributed by atoms with Crippen LogP contribution in [0.4, 0.5) is 0 Å². The molecule has 0 spiro atoms. The first-order valence-corrected chi connectivity index (χ1v) is 38.4. The zero-order valence-corrected chi connectivity index (χ0v) is 62.2. The summed E-state index contributed by atoms with van der Waals surface area (Å²) in [5.41, 5.74) is 30.6. The monoisotopic (exact) mass is 1490 g/mol. The maximum absolute atomic E-state index is 6.19. The number of pyridine rings is 4. The van der Waals surface area contributed by atoms with E-state index in [9.17, 15) is 0 Å². The highest BCUT2D eigenvalue weighted by Crippen LogP contribution is 2.43. The number of nitrogens with zero attached hydrogens (tertiary/aromatic N) is 8. The van der Waals surface area contributed by atoms with Crippen molar-refractivity contribution in [2.24, 2.45) is 0 Å². The molecule has 22 aromatic rings. The lowest BCUT2D eigenvalue weighted by atomic mass is 9.92. The van der Waals surface area contributed by atoms with Crippen molar-refractivity contribution in [3.05, 3.63) is 389 Å². The molecule has 0 atom stereocenters. The van der Waals surface area contributed by atoms with Crippen LogP contribution in [0.15, 0.2) is 406 Å². The van der Waals surface area contributed by atoms with Gasteiger partial charge < -0.3 is 17.7 Å². The van der Waals surface area contributed by atoms with Gasteiger partial charge in [0, 0.05) is 56.9 Å². The van der Waals surface area contributed by atoms with E-state index in [4.69, 9.17) is 37.6 Å². The molecule has 0 N–H and O–H groups in total. The van der Waals surface area contributed by atoms with Gasteiger partial charge >= 0.3 is 0 Å². The Hall–Kier alpha value is -15.9. The minimum absolute atomic E-state index is 0.616. The van der Waals surface area contributed by atoms with Crippen molar-refractivity contribution in [3.63, 3.8) is 0 Å². The van der Waals surface area contributed by atoms with E-state index in [1.807, 2.05) is 133 Å². The minimum atomic E-state index is 0.616. The van der Waals surface area contributed by atoms with Crippen LogP contribution in [-0.4, -0.2) is 39.9 Å². The van der Waals surface area contributed by atoms with Gasteiger partial charge in [0.25, 0.3) is 0 Å². The second-order valence-corrected chi connectivity index (χ2v) is 28.4. The fourth-order valence-corrected chi connectivity index (χ4v) is 15.5. The lowest BCUT2D eigenvalue weighted by Gasteiger charge is -2.14. The summed E-state index contributed by atoms with van der Waals surface area (Å²) in [6.07, 6.45) is 3.61. The minimum Gasteiger partial charge on any atom is -0.436 e. The van der Waals surface area contributed by atoms with E-state index >= 15 is 0 Å². The van der Waals surface area contributed by atoms with Crippen LogP contribution in [0, 0.1) is 0 Å². The molecular weight excluding hydrogens is 1430 g/mol. The molecule has 0 unspecified atom stereocenters. The number of benzene rings is 14. The van der Waals surface area contributed by atoms with Crippen LogP contribution in [0.5, 0.6) is 0 Å². The molecule has 14 aromatic carbocycles. The average Bonchev–Trinajstić information content (AvgIpc) is 1.30. The number of hydrogen-bond donors (Lipinski definition) is 0. The molecule has 0 aliphatic carbocycles. The van der Waals surface area contributed by atoms with Crippen molar-refractivity contribution < 1.29 is 17.7 Å². The highest BCUT2D eigenvalue weighted by atomic mass is 16.4. The lowest BCUT2D eigenvalue weighted by molar-refractivity contribution is 0.619. The van der Waals surface area contributed by atoms with Gasteiger partial charge in [0.2, 0.25) is 23.6 Å². The lowest BCUT2D eigenvalue weighted by Crippen LogP contribution is -1.94. The van der Waals surface area contributed by atoms with Gasteiger partial charge in [0.1, 0.15) is 22.1 Å². The number of rotatable bonds is 14. The van der Waals surface area contributed by atoms with Crippen LogP contribution in [0.25, 0.3) is 224 Å². The van der Waals surface area contributed by atoms with E-state index < -0.39 is 0 Å². The number of aromatic nitrogens is 8. The van der Waals surface area contributed by atoms with Crippen molar-refractivity contribution in [2.75, 3.05) is 0 Å². The summed E-state index contributed by atoms with van der Waals surface area (Å²) in [6.45, 7) is 0. The molecule has 0 amide bonds. The zero-order chi connectivity index (χ0) is 76.8. The highest BCUT2D eigenvalue weighted by Gasteiger charge is 2.21. The summed E-state index contributed by atoms with van der Waals surface area (Å²) in [5, 5.41) is 4.45. The summed E-state index contributed by atoms with van der Waals surface area (Å²) in [5.74, 6) is 2.47. The summed E-state index contributed by atoms with van der Waals surface area (Å²) < 4.78 is 24.4. The Bertz CT molecular complexity index is 7270. The second-order valence-electron chi connectivity index (χ2n) is 28.4. The molecule has 116 heavy (non-hydrogen) atoms. The number of oxazole rings is 4. The molecule has 0 radical (unpaired) electrons. The number of para-hydroxylation sites is 8. The van der Waals surface area contributed by atoms with Crippen LogP contribution in [0.2, 0.25) is 0 Å². The smallest absolute Gasteiger partial charge is 0.227 e. The van der Waals surface area contributed by atoms with E-state index in [1.165, 1.54) is 0 Å². The maximum atomic E-state index is 6.19. The Kier molecular flexibility index (Phi) is 17.3. The van der Waals surface area contributed by atoms with Gasteiger partial charge in [-0.1, -0.05) is 243 Å². The molecule has 0 fully saturated rings. The molecule has 8 heterocycles. The molecular formula is C104H64N8O4. The van der Waals surface area contributed by atoms with Gasteiger partial charge in [0.05, 0.1) is 34.2 Å². The third-order valence-corrected chi connectivity index (χ3v) is 21.4. The average molecular weight is 1490 g/mol. The Labute approximate surface area is 665 Å². The summed E-state index contributed by atoms with van der Waals surface area (Å²) in [7, 11) is 0. The Morgan fingerprint density at radius 1 is 0.155 bits per heavy atom. The van der Waals surface area contributed by atoms with Crippen LogP contribution in [-0.2, 0) is 0 Å². The van der Waals surface area contributed by atoms with Crippen molar-refractivity contribution in [1.29, 1.82) is 0 Å². The molecule has 0 saturated heterocycles. The van der Waals surface area contributed by atoms with Crippen LogP contribution in [0.1, 0.15) is 0 Å². The number of fused-ring (bicyclic) bond motifs is 6. The normalized spacial score (nSPS) is 11.4. The summed E-state index contributed by atoms with van der Waals surface area (Å²) in [6, 6.07) is 129. The van der Waals surface area contributed by atoms with Gasteiger partial charge in [-0.05, 0) is 211 Å². The molecule has 0 aliphatic heterocycles. The van der Waals surface area contributed by atoms with Crippen molar-refractivity contribution in [3.8, 4) is 158 Å². The van der Waals surface area contributed by atoms with E-state index in [2.05, 4.69) is 263 Å². The fourth-order valence-electron chi connectivity index (χ4n) is 15.5. The Balaban J connectivity index is 0.000000145. The zero-order valence-electron chi connectivity index (χ0n) is 62.2. The van der Waals surface area contributed by atoms with E-state index in [0.29, 0.717) is 23.6 Å². The predicted octanol–water partition coefficient (Wildman–Crippen LogP) is 27.2. The largest absolute Gasteiger partial charge is 0.436 e. The molecule has 544 valence electrons. The SMILES string of the molecule is c1ccc(-c2ccc(-c3ccc(-c4ccc(-c5nc6ccccc6o5)c5ccccc45)cc3)c(-c3ccc(-c4ccc(-c5nc6ccccc6o5)cc4)cc3)n2)nc1.c1ccc(-c2ccc(-c3ccc(-c4ccc(-c5nc6ccccc6o5)cc4)cc3)c(-c3ccc(-c4ccc(-c5nc6ccccc6o5)c5ccccc45)cc3)n2)nc1. The maximum Gasteiger partial charge on any atom is 0.227 e. The molecule has 0 saturated carbocycles. The molecule has 0 aliphatic rings. The summed E-state index contributed by atoms with van der Waals surface area (Å²) in [4.78, 5) is 38.6. The quantitative estimate of drug-likeness (QED) is 0.102. The van der Waals surface area contributed by atoms with E-state index in [0.717, 1.165) is 200 Å². The van der Waals surface area contributed by atoms with Crippen molar-refractivity contribution >= 4 is 65.9 Å². The Morgan fingerprint density at radius 2 is 0.405 bits per heavy atom. The molecule has 12 heteroatoms. The standard InChI is InChI=1S/2C52H32N4O2/c1-2-10-42-41(9-1)39(28-29-43(42)52-56-47-13-4-6-15-49(47)58-52)35-20-22-36(23-21-35)40-30-31-45(44-11-7-8-32-53-44)54-50(40)37-24-16-33(17-25-37)34-18-26-38(27-19-34)51-55-46-12-3-5-14-48(46)57-51;1-2-10-42-41(9-1)39(28-29-43(42)52-56-47-13-4-6-15-49(47)58-52)35-22-24-37(25-23-35)50-40(30-31-45(54-50)44-11-7-8-32-53-44)36-20-16-33(17-21-36)34-18-26-38(27-19-34)51-55-46-12-3-5-14-48(46)57-51/h2*1-32H. The molecule has 22 rings (SSSR count). The topological polar surface area (TPSA) is 156 Å². The first kappa shape index (κ1) is 68.1. The van der Waals surface area contributed by atoms with Gasteiger partial charge in [-0.3, -0.25) is 9.97 Å². The van der Waals surface area contributed by atoms with Gasteiger partial charge in [-0.2, -0.15) is 0 Å². The van der Waals surface area contributed by atoms with Crippen LogP contribution < -0.4 is 0 Å². The van der Waals surface area contributed by atoms with Crippen molar-refractivity contribution in [2.45, 2.75) is 0 Å². The molecule has 12 nitrogen and oxygen atoms in total. The van der Waals surface area contributed by atoms with Gasteiger partial charge in [-0.15, -0.1) is 0 Å². The summed E-state index contributed by atoms with van der Waals surface area (Å²) >= 11 is 0. The predicted molar refractivity (Wildman–Crippen MR) is 465 cm³/mol. The van der Waals surface area contributed by atoms with Crippen LogP contribution in [0.3, 0.4) is 0 Å². The van der Waals surface area contributed by atoms with E-state index in [1.54, 1.807) is 12.4 Å². The molecule has 0 bridgehead atoms. The number of hydrogen-bond acceptors (Lipinski definition) is 12.